The van der Waals surface area contributed by atoms with Gasteiger partial charge in [-0.3, -0.25) is 0 Å². The number of ether oxygens (including phenoxy) is 2. The predicted octanol–water partition coefficient (Wildman–Crippen LogP) is 6.04. The van der Waals surface area contributed by atoms with E-state index < -0.39 is 23.2 Å². The number of rotatable bonds is 7. The Balaban J connectivity index is 1.78. The molecule has 1 heterocycles. The Morgan fingerprint density at radius 1 is 0.950 bits per heavy atom. The zero-order valence-electron chi connectivity index (χ0n) is 23.0. The quantitative estimate of drug-likeness (QED) is 0.282. The molecule has 4 aromatic rings. The zero-order valence-corrected chi connectivity index (χ0v) is 23.0. The summed E-state index contributed by atoms with van der Waals surface area (Å²) >= 11 is 0. The van der Waals surface area contributed by atoms with Gasteiger partial charge in [-0.15, -0.1) is 10.2 Å². The van der Waals surface area contributed by atoms with Gasteiger partial charge in [-0.2, -0.15) is 5.26 Å². The minimum atomic E-state index is -1.12. The lowest BCUT2D eigenvalue weighted by molar-refractivity contribution is 0.0443. The number of methoxy groups -OCH3 is 1. The van der Waals surface area contributed by atoms with Crippen molar-refractivity contribution in [3.05, 3.63) is 95.4 Å². The van der Waals surface area contributed by atoms with E-state index in [1.807, 2.05) is 36.4 Å². The van der Waals surface area contributed by atoms with Crippen LogP contribution in [0.3, 0.4) is 0 Å². The fourth-order valence-corrected chi connectivity index (χ4v) is 4.24. The number of nitriles is 1. The molecule has 1 amide bonds. The highest BCUT2D eigenvalue weighted by molar-refractivity contribution is 5.93. The predicted molar refractivity (Wildman–Crippen MR) is 148 cm³/mol. The first-order chi connectivity index (χ1) is 19.0. The SMILES string of the molecule is COC(=O)c1cc(-c2nnc([C@](C)(Cc3ccccc3)NC(=O)OC(C)(C)C)o2)cc(-c2ccccc2C#N)c1. The number of hydrogen-bond acceptors (Lipinski definition) is 8. The Kier molecular flexibility index (Phi) is 8.00. The first-order valence-corrected chi connectivity index (χ1v) is 12.6. The molecule has 0 bridgehead atoms. The Morgan fingerprint density at radius 2 is 1.62 bits per heavy atom. The number of benzene rings is 3. The van der Waals surface area contributed by atoms with Crippen molar-refractivity contribution in [1.29, 1.82) is 5.26 Å². The molecule has 0 unspecified atom stereocenters. The van der Waals surface area contributed by atoms with E-state index in [-0.39, 0.29) is 17.3 Å². The fourth-order valence-electron chi connectivity index (χ4n) is 4.24. The number of carbonyl (C=O) groups is 2. The van der Waals surface area contributed by atoms with Gasteiger partial charge >= 0.3 is 12.1 Å². The van der Waals surface area contributed by atoms with Crippen molar-refractivity contribution in [3.8, 4) is 28.7 Å². The molecular formula is C31H30N4O5. The Labute approximate surface area is 232 Å². The molecule has 1 aromatic heterocycles. The van der Waals surface area contributed by atoms with Crippen LogP contribution in [-0.4, -0.2) is 35.0 Å². The van der Waals surface area contributed by atoms with Crippen molar-refractivity contribution in [2.24, 2.45) is 0 Å². The Bertz CT molecular complexity index is 1570. The summed E-state index contributed by atoms with van der Waals surface area (Å²) in [7, 11) is 1.29. The van der Waals surface area contributed by atoms with E-state index >= 15 is 0 Å². The summed E-state index contributed by atoms with van der Waals surface area (Å²) in [6.07, 6.45) is -0.286. The number of nitrogens with zero attached hydrogens (tertiary/aromatic N) is 3. The van der Waals surface area contributed by atoms with E-state index in [0.29, 0.717) is 28.7 Å². The number of esters is 1. The van der Waals surface area contributed by atoms with E-state index in [1.54, 1.807) is 64.1 Å². The minimum absolute atomic E-state index is 0.127. The molecule has 0 radical (unpaired) electrons. The number of amides is 1. The molecule has 9 heteroatoms. The summed E-state index contributed by atoms with van der Waals surface area (Å²) in [5.74, 6) is -0.279. The molecule has 3 aromatic carbocycles. The first-order valence-electron chi connectivity index (χ1n) is 12.6. The van der Waals surface area contributed by atoms with Gasteiger partial charge in [0.05, 0.1) is 24.3 Å². The maximum absolute atomic E-state index is 12.8. The summed E-state index contributed by atoms with van der Waals surface area (Å²) in [4.78, 5) is 25.4. The molecule has 9 nitrogen and oxygen atoms in total. The number of nitrogens with one attached hydrogen (secondary N) is 1. The van der Waals surface area contributed by atoms with Gasteiger partial charge in [0.1, 0.15) is 11.1 Å². The molecule has 0 saturated heterocycles. The van der Waals surface area contributed by atoms with Crippen LogP contribution in [0.4, 0.5) is 4.79 Å². The Morgan fingerprint density at radius 3 is 2.30 bits per heavy atom. The van der Waals surface area contributed by atoms with Crippen LogP contribution in [-0.2, 0) is 21.4 Å². The van der Waals surface area contributed by atoms with E-state index in [4.69, 9.17) is 13.9 Å². The topological polar surface area (TPSA) is 127 Å². The lowest BCUT2D eigenvalue weighted by Crippen LogP contribution is -2.47. The highest BCUT2D eigenvalue weighted by Gasteiger charge is 2.37. The maximum atomic E-state index is 12.8. The molecular weight excluding hydrogens is 508 g/mol. The van der Waals surface area contributed by atoms with Crippen LogP contribution in [0.25, 0.3) is 22.6 Å². The van der Waals surface area contributed by atoms with Gasteiger partial charge < -0.3 is 19.2 Å². The van der Waals surface area contributed by atoms with Gasteiger partial charge in [0.25, 0.3) is 0 Å². The van der Waals surface area contributed by atoms with Crippen LogP contribution in [0.2, 0.25) is 0 Å². The highest BCUT2D eigenvalue weighted by Crippen LogP contribution is 2.32. The van der Waals surface area contributed by atoms with Crippen LogP contribution < -0.4 is 5.32 Å². The monoisotopic (exact) mass is 538 g/mol. The van der Waals surface area contributed by atoms with Gasteiger partial charge in [0.15, 0.2) is 0 Å². The summed E-state index contributed by atoms with van der Waals surface area (Å²) in [5.41, 5.74) is 1.49. The largest absolute Gasteiger partial charge is 0.465 e. The molecule has 1 N–H and O–H groups in total. The molecule has 1 atom stereocenters. The van der Waals surface area contributed by atoms with E-state index in [2.05, 4.69) is 21.6 Å². The smallest absolute Gasteiger partial charge is 0.408 e. The van der Waals surface area contributed by atoms with Crippen molar-refractivity contribution < 1.29 is 23.5 Å². The van der Waals surface area contributed by atoms with Gasteiger partial charge in [-0.05, 0) is 68.7 Å². The molecule has 4 rings (SSSR count). The van der Waals surface area contributed by atoms with Crippen molar-refractivity contribution in [3.63, 3.8) is 0 Å². The van der Waals surface area contributed by atoms with Crippen LogP contribution in [0.1, 0.15) is 55.1 Å². The molecule has 0 saturated carbocycles. The normalized spacial score (nSPS) is 12.6. The second-order valence-corrected chi connectivity index (χ2v) is 10.5. The molecule has 0 fully saturated rings. The molecule has 0 spiro atoms. The van der Waals surface area contributed by atoms with Gasteiger partial charge in [-0.1, -0.05) is 48.5 Å². The van der Waals surface area contributed by atoms with Crippen LogP contribution in [0, 0.1) is 11.3 Å². The number of carbonyl (C=O) groups excluding carboxylic acids is 2. The molecule has 40 heavy (non-hydrogen) atoms. The third kappa shape index (κ3) is 6.53. The number of hydrogen-bond donors (Lipinski definition) is 1. The van der Waals surface area contributed by atoms with Crippen LogP contribution in [0.5, 0.6) is 0 Å². The fraction of sp³-hybridized carbons (Fsp3) is 0.258. The zero-order chi connectivity index (χ0) is 28.9. The van der Waals surface area contributed by atoms with E-state index in [9.17, 15) is 14.9 Å². The van der Waals surface area contributed by atoms with Gasteiger partial charge in [0.2, 0.25) is 11.8 Å². The van der Waals surface area contributed by atoms with Crippen molar-refractivity contribution in [1.82, 2.24) is 15.5 Å². The summed E-state index contributed by atoms with van der Waals surface area (Å²) < 4.78 is 16.6. The maximum Gasteiger partial charge on any atom is 0.408 e. The van der Waals surface area contributed by atoms with Crippen molar-refractivity contribution in [2.45, 2.75) is 45.3 Å². The van der Waals surface area contributed by atoms with Crippen molar-refractivity contribution in [2.75, 3.05) is 7.11 Å². The van der Waals surface area contributed by atoms with E-state index in [1.165, 1.54) is 7.11 Å². The average molecular weight is 539 g/mol. The number of aromatic nitrogens is 2. The first kappa shape index (κ1) is 28.0. The van der Waals surface area contributed by atoms with Crippen LogP contribution in [0.15, 0.2) is 77.2 Å². The third-order valence-electron chi connectivity index (χ3n) is 6.03. The van der Waals surface area contributed by atoms with Crippen LogP contribution >= 0.6 is 0 Å². The Hall–Kier alpha value is -4.97. The standard InChI is InChI=1S/C31H30N4O5/c1-30(2,3)40-29(37)33-31(4,18-20-11-7-6-8-12-20)28-35-34-26(39-28)23-15-22(16-24(17-23)27(36)38-5)25-14-10-9-13-21(25)19-32/h6-17H,18H2,1-5H3,(H,33,37)/t31-/m0/s1. The minimum Gasteiger partial charge on any atom is -0.465 e. The molecule has 0 aliphatic rings. The molecule has 204 valence electrons. The van der Waals surface area contributed by atoms with Gasteiger partial charge in [0, 0.05) is 12.0 Å². The summed E-state index contributed by atoms with van der Waals surface area (Å²) in [6, 6.07) is 23.8. The molecule has 0 aliphatic heterocycles. The highest BCUT2D eigenvalue weighted by atomic mass is 16.6. The summed E-state index contributed by atoms with van der Waals surface area (Å²) in [6.45, 7) is 7.12. The average Bonchev–Trinajstić information content (AvgIpc) is 3.43. The second-order valence-electron chi connectivity index (χ2n) is 10.5. The van der Waals surface area contributed by atoms with Crippen molar-refractivity contribution >= 4 is 12.1 Å². The second kappa shape index (κ2) is 11.4. The third-order valence-corrected chi connectivity index (χ3v) is 6.03. The lowest BCUT2D eigenvalue weighted by atomic mass is 9.92. The van der Waals surface area contributed by atoms with Gasteiger partial charge in [-0.25, -0.2) is 9.59 Å². The number of alkyl carbamates (subject to hydrolysis) is 1. The summed E-state index contributed by atoms with van der Waals surface area (Å²) in [5, 5.41) is 21.1. The van der Waals surface area contributed by atoms with E-state index in [0.717, 1.165) is 5.56 Å². The molecule has 0 aliphatic carbocycles. The lowest BCUT2D eigenvalue weighted by Gasteiger charge is -2.29.